The highest BCUT2D eigenvalue weighted by Crippen LogP contribution is 2.53. The maximum atomic E-state index is 14.1. The van der Waals surface area contributed by atoms with E-state index in [1.54, 1.807) is 11.0 Å². The van der Waals surface area contributed by atoms with Crippen molar-refractivity contribution in [2.45, 2.75) is 38.3 Å². The number of carbonyl (C=O) groups is 2. The van der Waals surface area contributed by atoms with Crippen LogP contribution in [-0.2, 0) is 16.0 Å². The number of nitrogens with zero attached hydrogens (tertiary/aromatic N) is 3. The van der Waals surface area contributed by atoms with Crippen LogP contribution in [0.5, 0.6) is 0 Å². The number of fused-ring (bicyclic) bond motifs is 1. The van der Waals surface area contributed by atoms with Crippen LogP contribution in [-0.4, -0.2) is 39.3 Å². The van der Waals surface area contributed by atoms with E-state index < -0.39 is 22.3 Å². The van der Waals surface area contributed by atoms with Crippen molar-refractivity contribution in [2.24, 2.45) is 5.41 Å². The molecule has 2 aromatic carbocycles. The molecule has 0 radical (unpaired) electrons. The second-order valence-corrected chi connectivity index (χ2v) is 8.87. The molecule has 2 fully saturated rings. The average Bonchev–Trinajstić information content (AvgIpc) is 3.61. The maximum absolute atomic E-state index is 14.1. The van der Waals surface area contributed by atoms with Gasteiger partial charge in [-0.05, 0) is 49.2 Å². The quantitative estimate of drug-likeness (QED) is 0.333. The third-order valence-corrected chi connectivity index (χ3v) is 6.94. The molecule has 5 rings (SSSR count). The number of thiocarbonyl (C=S) groups is 1. The van der Waals surface area contributed by atoms with Crippen LogP contribution in [0, 0.1) is 15.5 Å². The highest BCUT2D eigenvalue weighted by atomic mass is 32.1. The molecule has 2 heterocycles. The van der Waals surface area contributed by atoms with Gasteiger partial charge in [0, 0.05) is 36.8 Å². The van der Waals surface area contributed by atoms with Gasteiger partial charge in [0.1, 0.15) is 0 Å². The molecule has 1 saturated heterocycles. The van der Waals surface area contributed by atoms with Crippen molar-refractivity contribution in [3.8, 4) is 0 Å². The molecule has 2 aromatic rings. The van der Waals surface area contributed by atoms with Crippen molar-refractivity contribution >= 4 is 40.5 Å². The van der Waals surface area contributed by atoms with Gasteiger partial charge < -0.3 is 10.2 Å². The second kappa shape index (κ2) is 7.37. The minimum Gasteiger partial charge on any atom is -0.363 e. The van der Waals surface area contributed by atoms with Gasteiger partial charge in [-0.1, -0.05) is 30.3 Å². The van der Waals surface area contributed by atoms with E-state index in [2.05, 4.69) is 5.32 Å². The smallest absolute Gasteiger partial charge is 0.269 e. The summed E-state index contributed by atoms with van der Waals surface area (Å²) in [7, 11) is 0. The lowest BCUT2D eigenvalue weighted by Gasteiger charge is -2.52. The van der Waals surface area contributed by atoms with Gasteiger partial charge in [-0.3, -0.25) is 24.6 Å². The van der Waals surface area contributed by atoms with Crippen molar-refractivity contribution in [3.63, 3.8) is 0 Å². The van der Waals surface area contributed by atoms with Gasteiger partial charge in [0.25, 0.3) is 5.69 Å². The standard InChI is InChI=1S/C23H22N4O4S/c1-2-25-18-11-10-17(27(30)31)12-15(18)13-23(19(25)14-6-4-3-5-7-14)20(28)24-22(32)26(21(23)29)16-8-9-16/h3-7,10-12,16,19H,2,8-9,13H2,1H3,(H,24,28,32)/t19-,23+/m0/s1. The highest BCUT2D eigenvalue weighted by Gasteiger charge is 2.63. The number of non-ortho nitro benzene ring substituents is 1. The first-order valence-corrected chi connectivity index (χ1v) is 11.1. The Balaban J connectivity index is 1.75. The normalized spacial score (nSPS) is 25.0. The number of nitro groups is 1. The fraction of sp³-hybridized carbons (Fsp3) is 0.348. The minimum atomic E-state index is -1.48. The Labute approximate surface area is 190 Å². The van der Waals surface area contributed by atoms with Crippen molar-refractivity contribution in [2.75, 3.05) is 11.4 Å². The summed E-state index contributed by atoms with van der Waals surface area (Å²) in [6.45, 7) is 2.47. The number of nitro benzene ring substituents is 1. The molecule has 1 N–H and O–H groups in total. The lowest BCUT2D eigenvalue weighted by molar-refractivity contribution is -0.384. The van der Waals surface area contributed by atoms with Gasteiger partial charge in [-0.2, -0.15) is 0 Å². The number of carbonyl (C=O) groups excluding carboxylic acids is 2. The third kappa shape index (κ3) is 2.91. The Bertz CT molecular complexity index is 1150. The zero-order valence-electron chi connectivity index (χ0n) is 17.5. The van der Waals surface area contributed by atoms with Gasteiger partial charge in [0.15, 0.2) is 10.5 Å². The van der Waals surface area contributed by atoms with E-state index in [0.717, 1.165) is 24.1 Å². The molecule has 32 heavy (non-hydrogen) atoms. The summed E-state index contributed by atoms with van der Waals surface area (Å²) in [6, 6.07) is 13.6. The Kier molecular flexibility index (Phi) is 4.74. The number of hydrogen-bond acceptors (Lipinski definition) is 6. The van der Waals surface area contributed by atoms with Gasteiger partial charge >= 0.3 is 0 Å². The fourth-order valence-corrected chi connectivity index (χ4v) is 5.42. The van der Waals surface area contributed by atoms with Crippen molar-refractivity contribution < 1.29 is 14.5 Å². The molecule has 2 amide bonds. The number of nitrogens with one attached hydrogen (secondary N) is 1. The molecule has 2 aliphatic heterocycles. The number of rotatable bonds is 4. The molecule has 9 heteroatoms. The maximum Gasteiger partial charge on any atom is 0.269 e. The Morgan fingerprint density at radius 1 is 1.19 bits per heavy atom. The van der Waals surface area contributed by atoms with Gasteiger partial charge in [-0.25, -0.2) is 0 Å². The molecule has 0 unspecified atom stereocenters. The average molecular weight is 451 g/mol. The summed E-state index contributed by atoms with van der Waals surface area (Å²) in [4.78, 5) is 42.3. The zero-order valence-corrected chi connectivity index (χ0v) is 18.3. The van der Waals surface area contributed by atoms with Crippen molar-refractivity contribution in [1.29, 1.82) is 0 Å². The topological polar surface area (TPSA) is 95.8 Å². The summed E-state index contributed by atoms with van der Waals surface area (Å²) in [5, 5.41) is 14.4. The van der Waals surface area contributed by atoms with E-state index in [1.807, 2.05) is 42.2 Å². The molecular weight excluding hydrogens is 428 g/mol. The molecule has 164 valence electrons. The van der Waals surface area contributed by atoms with Crippen LogP contribution in [0.1, 0.15) is 36.9 Å². The molecular formula is C23H22N4O4S. The van der Waals surface area contributed by atoms with E-state index in [4.69, 9.17) is 12.2 Å². The number of benzene rings is 2. The summed E-state index contributed by atoms with van der Waals surface area (Å²) < 4.78 is 0. The monoisotopic (exact) mass is 450 g/mol. The second-order valence-electron chi connectivity index (χ2n) is 8.48. The lowest BCUT2D eigenvalue weighted by atomic mass is 9.66. The predicted octanol–water partition coefficient (Wildman–Crippen LogP) is 3.11. The van der Waals surface area contributed by atoms with E-state index in [-0.39, 0.29) is 29.2 Å². The minimum absolute atomic E-state index is 0.00881. The number of anilines is 1. The summed E-state index contributed by atoms with van der Waals surface area (Å²) in [5.74, 6) is -0.771. The van der Waals surface area contributed by atoms with Crippen molar-refractivity contribution in [1.82, 2.24) is 10.2 Å². The first kappa shape index (κ1) is 20.6. The van der Waals surface area contributed by atoms with E-state index >= 15 is 0 Å². The SMILES string of the molecule is CCN1c2ccc([N+](=O)[O-])cc2C[C@]2(C(=O)NC(=S)N(C3CC3)C2=O)[C@@H]1c1ccccc1. The van der Waals surface area contributed by atoms with Crippen molar-refractivity contribution in [3.05, 3.63) is 69.8 Å². The predicted molar refractivity (Wildman–Crippen MR) is 122 cm³/mol. The van der Waals surface area contributed by atoms with Crippen LogP contribution in [0.3, 0.4) is 0 Å². The molecule has 1 aliphatic carbocycles. The van der Waals surface area contributed by atoms with Crippen LogP contribution >= 0.6 is 12.2 Å². The van der Waals surface area contributed by atoms with Crippen LogP contribution in [0.15, 0.2) is 48.5 Å². The van der Waals surface area contributed by atoms with Crippen LogP contribution in [0.25, 0.3) is 0 Å². The Morgan fingerprint density at radius 3 is 2.53 bits per heavy atom. The third-order valence-electron chi connectivity index (χ3n) is 6.64. The largest absolute Gasteiger partial charge is 0.363 e. The molecule has 1 spiro atoms. The molecule has 8 nitrogen and oxygen atoms in total. The zero-order chi connectivity index (χ0) is 22.6. The summed E-state index contributed by atoms with van der Waals surface area (Å²) in [5.41, 5.74) is 0.700. The number of amides is 2. The van der Waals surface area contributed by atoms with Gasteiger partial charge in [-0.15, -0.1) is 0 Å². The fourth-order valence-electron chi connectivity index (χ4n) is 5.10. The molecule has 0 bridgehead atoms. The molecule has 0 aromatic heterocycles. The Hall–Kier alpha value is -3.33. The van der Waals surface area contributed by atoms with E-state index in [1.165, 1.54) is 12.1 Å². The van der Waals surface area contributed by atoms with E-state index in [0.29, 0.717) is 12.1 Å². The van der Waals surface area contributed by atoms with E-state index in [9.17, 15) is 19.7 Å². The first-order valence-electron chi connectivity index (χ1n) is 10.7. The molecule has 1 saturated carbocycles. The van der Waals surface area contributed by atoms with Gasteiger partial charge in [0.2, 0.25) is 11.8 Å². The van der Waals surface area contributed by atoms with Crippen LogP contribution < -0.4 is 10.2 Å². The molecule has 2 atom stereocenters. The summed E-state index contributed by atoms with van der Waals surface area (Å²) >= 11 is 5.37. The molecule has 3 aliphatic rings. The lowest BCUT2D eigenvalue weighted by Crippen LogP contribution is -2.69. The Morgan fingerprint density at radius 2 is 1.91 bits per heavy atom. The van der Waals surface area contributed by atoms with Gasteiger partial charge in [0.05, 0.1) is 11.0 Å². The first-order chi connectivity index (χ1) is 15.4. The van der Waals surface area contributed by atoms with Crippen LogP contribution in [0.4, 0.5) is 11.4 Å². The number of hydrogen-bond donors (Lipinski definition) is 1. The van der Waals surface area contributed by atoms with Crippen LogP contribution in [0.2, 0.25) is 0 Å². The summed E-state index contributed by atoms with van der Waals surface area (Å²) in [6.07, 6.45) is 1.75. The highest BCUT2D eigenvalue weighted by molar-refractivity contribution is 7.80.